The number of halogens is 1. The molecule has 0 bridgehead atoms. The maximum atomic E-state index is 5.92. The van der Waals surface area contributed by atoms with Gasteiger partial charge in [0.05, 0.1) is 6.10 Å². The fourth-order valence-corrected chi connectivity index (χ4v) is 2.45. The number of hydrogen-bond acceptors (Lipinski definition) is 6. The highest BCUT2D eigenvalue weighted by Crippen LogP contribution is 2.30. The first kappa shape index (κ1) is 16.2. The van der Waals surface area contributed by atoms with E-state index in [1.165, 1.54) is 0 Å². The summed E-state index contributed by atoms with van der Waals surface area (Å²) < 4.78 is 5.47. The van der Waals surface area contributed by atoms with Crippen LogP contribution >= 0.6 is 11.6 Å². The van der Waals surface area contributed by atoms with E-state index in [2.05, 4.69) is 39.1 Å². The third-order valence-corrected chi connectivity index (χ3v) is 3.97. The molecule has 0 amide bonds. The van der Waals surface area contributed by atoms with Gasteiger partial charge in [0.15, 0.2) is 0 Å². The minimum atomic E-state index is 0.00251. The fraction of sp³-hybridized carbons (Fsp3) is 0.786. The zero-order chi connectivity index (χ0) is 15.5. The minimum Gasteiger partial charge on any atom is -0.461 e. The lowest BCUT2D eigenvalue weighted by atomic mass is 9.80. The third kappa shape index (κ3) is 4.97. The largest absolute Gasteiger partial charge is 0.461 e. The number of nitrogens with one attached hydrogen (secondary N) is 1. The molecule has 1 aromatic heterocycles. The standard InChI is InChI=1S/C14H24ClN5O/c1-10(2)21-13-18-11(15)17-12(19-13)16-9-14(3)5-7-20(4)8-6-14/h10H,5-9H2,1-4H3,(H,16,17,18,19). The molecule has 1 aromatic rings. The van der Waals surface area contributed by atoms with Gasteiger partial charge >= 0.3 is 6.01 Å². The lowest BCUT2D eigenvalue weighted by Crippen LogP contribution is -2.40. The highest BCUT2D eigenvalue weighted by molar-refractivity contribution is 6.28. The van der Waals surface area contributed by atoms with Crippen molar-refractivity contribution in [1.29, 1.82) is 0 Å². The molecule has 1 aliphatic heterocycles. The maximum Gasteiger partial charge on any atom is 0.322 e. The second-order valence-corrected chi connectivity index (χ2v) is 6.68. The summed E-state index contributed by atoms with van der Waals surface area (Å²) in [6, 6.07) is 0.265. The fourth-order valence-electron chi connectivity index (χ4n) is 2.30. The van der Waals surface area contributed by atoms with Gasteiger partial charge in [-0.3, -0.25) is 0 Å². The normalized spacial score (nSPS) is 18.8. The van der Waals surface area contributed by atoms with Crippen LogP contribution in [-0.2, 0) is 0 Å². The topological polar surface area (TPSA) is 63.2 Å². The molecule has 2 rings (SSSR count). The second-order valence-electron chi connectivity index (χ2n) is 6.34. The van der Waals surface area contributed by atoms with Gasteiger partial charge in [-0.15, -0.1) is 0 Å². The molecule has 0 aliphatic carbocycles. The molecule has 1 saturated heterocycles. The molecular weight excluding hydrogens is 290 g/mol. The van der Waals surface area contributed by atoms with Gasteiger partial charge in [0.2, 0.25) is 11.2 Å². The Morgan fingerprint density at radius 3 is 2.57 bits per heavy atom. The van der Waals surface area contributed by atoms with Crippen LogP contribution < -0.4 is 10.1 Å². The summed E-state index contributed by atoms with van der Waals surface area (Å²) >= 11 is 5.92. The van der Waals surface area contributed by atoms with Crippen molar-refractivity contribution >= 4 is 17.5 Å². The molecular formula is C14H24ClN5O. The summed E-state index contributed by atoms with van der Waals surface area (Å²) in [6.07, 6.45) is 2.32. The van der Waals surface area contributed by atoms with E-state index < -0.39 is 0 Å². The van der Waals surface area contributed by atoms with Crippen LogP contribution in [0.2, 0.25) is 5.28 Å². The third-order valence-electron chi connectivity index (χ3n) is 3.80. The average Bonchev–Trinajstić information content (AvgIpc) is 2.39. The lowest BCUT2D eigenvalue weighted by molar-refractivity contribution is 0.150. The highest BCUT2D eigenvalue weighted by atomic mass is 35.5. The first-order chi connectivity index (χ1) is 9.86. The molecule has 0 spiro atoms. The van der Waals surface area contributed by atoms with Gasteiger partial charge in [-0.05, 0) is 63.8 Å². The van der Waals surface area contributed by atoms with Gasteiger partial charge in [0.1, 0.15) is 0 Å². The van der Waals surface area contributed by atoms with Gasteiger partial charge in [0, 0.05) is 6.54 Å². The molecule has 6 nitrogen and oxygen atoms in total. The van der Waals surface area contributed by atoms with Gasteiger partial charge in [-0.2, -0.15) is 15.0 Å². The molecule has 21 heavy (non-hydrogen) atoms. The van der Waals surface area contributed by atoms with Crippen LogP contribution in [0.1, 0.15) is 33.6 Å². The smallest absolute Gasteiger partial charge is 0.322 e. The molecule has 118 valence electrons. The van der Waals surface area contributed by atoms with Gasteiger partial charge < -0.3 is 15.0 Å². The SMILES string of the molecule is CC(C)Oc1nc(Cl)nc(NCC2(C)CCN(C)CC2)n1. The molecule has 0 radical (unpaired) electrons. The van der Waals surface area contributed by atoms with E-state index in [1.807, 2.05) is 13.8 Å². The van der Waals surface area contributed by atoms with Crippen molar-refractivity contribution in [2.75, 3.05) is 32.0 Å². The Balaban J connectivity index is 1.97. The molecule has 2 heterocycles. The van der Waals surface area contributed by atoms with E-state index in [4.69, 9.17) is 16.3 Å². The highest BCUT2D eigenvalue weighted by Gasteiger charge is 2.28. The van der Waals surface area contributed by atoms with Gasteiger partial charge in [-0.1, -0.05) is 6.92 Å². The number of likely N-dealkylation sites (tertiary alicyclic amines) is 1. The molecule has 0 saturated carbocycles. The number of anilines is 1. The van der Waals surface area contributed by atoms with Crippen LogP contribution in [0, 0.1) is 5.41 Å². The number of aromatic nitrogens is 3. The van der Waals surface area contributed by atoms with Crippen LogP contribution in [-0.4, -0.2) is 52.6 Å². The van der Waals surface area contributed by atoms with Crippen molar-refractivity contribution in [1.82, 2.24) is 19.9 Å². The molecule has 1 aliphatic rings. The van der Waals surface area contributed by atoms with Crippen LogP contribution in [0.3, 0.4) is 0 Å². The van der Waals surface area contributed by atoms with E-state index in [9.17, 15) is 0 Å². The van der Waals surface area contributed by atoms with Crippen molar-refractivity contribution in [2.45, 2.75) is 39.7 Å². The zero-order valence-electron chi connectivity index (χ0n) is 13.2. The van der Waals surface area contributed by atoms with Crippen molar-refractivity contribution < 1.29 is 4.74 Å². The first-order valence-electron chi connectivity index (χ1n) is 7.37. The number of ether oxygens (including phenoxy) is 1. The Labute approximate surface area is 131 Å². The van der Waals surface area contributed by atoms with Crippen molar-refractivity contribution in [3.8, 4) is 6.01 Å². The van der Waals surface area contributed by atoms with Crippen LogP contribution in [0.15, 0.2) is 0 Å². The van der Waals surface area contributed by atoms with Crippen LogP contribution in [0.25, 0.3) is 0 Å². The number of hydrogen-bond donors (Lipinski definition) is 1. The average molecular weight is 314 g/mol. The molecule has 0 aromatic carbocycles. The predicted molar refractivity (Wildman–Crippen MR) is 83.9 cm³/mol. The predicted octanol–water partition coefficient (Wildman–Crippen LogP) is 2.46. The number of nitrogens with zero attached hydrogens (tertiary/aromatic N) is 4. The Kier molecular flexibility index (Phi) is 5.22. The van der Waals surface area contributed by atoms with Gasteiger partial charge in [-0.25, -0.2) is 0 Å². The van der Waals surface area contributed by atoms with E-state index >= 15 is 0 Å². The molecule has 7 heteroatoms. The van der Waals surface area contributed by atoms with E-state index in [0.29, 0.717) is 5.95 Å². The zero-order valence-corrected chi connectivity index (χ0v) is 13.9. The van der Waals surface area contributed by atoms with E-state index in [1.54, 1.807) is 0 Å². The summed E-state index contributed by atoms with van der Waals surface area (Å²) in [4.78, 5) is 14.7. The monoisotopic (exact) mass is 313 g/mol. The molecule has 0 unspecified atom stereocenters. The maximum absolute atomic E-state index is 5.92. The number of rotatable bonds is 5. The Hall–Kier alpha value is -1.14. The van der Waals surface area contributed by atoms with E-state index in [-0.39, 0.29) is 22.8 Å². The number of piperidine rings is 1. The van der Waals surface area contributed by atoms with Gasteiger partial charge in [0.25, 0.3) is 0 Å². The Bertz CT molecular complexity index is 474. The molecule has 1 N–H and O–H groups in total. The van der Waals surface area contributed by atoms with Crippen molar-refractivity contribution in [3.63, 3.8) is 0 Å². The minimum absolute atomic E-state index is 0.00251. The van der Waals surface area contributed by atoms with E-state index in [0.717, 1.165) is 32.5 Å². The summed E-state index contributed by atoms with van der Waals surface area (Å²) in [5, 5.41) is 3.43. The van der Waals surface area contributed by atoms with Crippen molar-refractivity contribution in [2.24, 2.45) is 5.41 Å². The van der Waals surface area contributed by atoms with Crippen LogP contribution in [0.4, 0.5) is 5.95 Å². The first-order valence-corrected chi connectivity index (χ1v) is 7.75. The lowest BCUT2D eigenvalue weighted by Gasteiger charge is -2.37. The summed E-state index contributed by atoms with van der Waals surface area (Å²) in [7, 11) is 2.16. The quantitative estimate of drug-likeness (QED) is 0.901. The Morgan fingerprint density at radius 1 is 1.29 bits per heavy atom. The molecule has 0 atom stereocenters. The summed E-state index contributed by atoms with van der Waals surface area (Å²) in [5.74, 6) is 0.478. The molecule has 1 fully saturated rings. The second kappa shape index (κ2) is 6.75. The van der Waals surface area contributed by atoms with Crippen LogP contribution in [0.5, 0.6) is 6.01 Å². The Morgan fingerprint density at radius 2 is 1.95 bits per heavy atom. The van der Waals surface area contributed by atoms with Crippen molar-refractivity contribution in [3.05, 3.63) is 5.28 Å². The summed E-state index contributed by atoms with van der Waals surface area (Å²) in [5.41, 5.74) is 0.255. The summed E-state index contributed by atoms with van der Waals surface area (Å²) in [6.45, 7) is 9.20.